The van der Waals surface area contributed by atoms with E-state index in [1.165, 1.54) is 6.33 Å². The average molecular weight is 275 g/mol. The lowest BCUT2D eigenvalue weighted by Crippen LogP contribution is -2.25. The Morgan fingerprint density at radius 2 is 2.15 bits per heavy atom. The third-order valence-electron chi connectivity index (χ3n) is 3.36. The van der Waals surface area contributed by atoms with Crippen molar-refractivity contribution in [3.8, 4) is 5.75 Å². The number of nitrogens with zero attached hydrogens (tertiary/aromatic N) is 3. The number of nitrogens with one attached hydrogen (secondary N) is 2. The highest BCUT2D eigenvalue weighted by Gasteiger charge is 2.18. The SMILES string of the molecule is CCNC(Cc1ncc(C)c(OC)c1C)c1ncn[nH]1. The van der Waals surface area contributed by atoms with Gasteiger partial charge in [0.15, 0.2) is 0 Å². The van der Waals surface area contributed by atoms with Crippen molar-refractivity contribution >= 4 is 0 Å². The van der Waals surface area contributed by atoms with Gasteiger partial charge in [-0.05, 0) is 20.4 Å². The molecule has 0 saturated heterocycles. The molecule has 0 amide bonds. The number of methoxy groups -OCH3 is 1. The van der Waals surface area contributed by atoms with Gasteiger partial charge in [-0.2, -0.15) is 5.10 Å². The average Bonchev–Trinajstić information content (AvgIpc) is 2.95. The number of hydrogen-bond acceptors (Lipinski definition) is 5. The maximum absolute atomic E-state index is 5.45. The van der Waals surface area contributed by atoms with Crippen LogP contribution in [0, 0.1) is 13.8 Å². The minimum Gasteiger partial charge on any atom is -0.496 e. The van der Waals surface area contributed by atoms with E-state index in [9.17, 15) is 0 Å². The van der Waals surface area contributed by atoms with Gasteiger partial charge in [-0.15, -0.1) is 0 Å². The number of pyridine rings is 1. The number of likely N-dealkylation sites (N-methyl/N-ethyl adjacent to an activating group) is 1. The lowest BCUT2D eigenvalue weighted by molar-refractivity contribution is 0.406. The second-order valence-electron chi connectivity index (χ2n) is 4.73. The number of aromatic nitrogens is 4. The van der Waals surface area contributed by atoms with Gasteiger partial charge in [0.05, 0.1) is 13.2 Å². The fourth-order valence-electron chi connectivity index (χ4n) is 2.36. The summed E-state index contributed by atoms with van der Waals surface area (Å²) in [7, 11) is 1.69. The van der Waals surface area contributed by atoms with Gasteiger partial charge in [0.1, 0.15) is 17.9 Å². The number of rotatable bonds is 6. The summed E-state index contributed by atoms with van der Waals surface area (Å²) >= 11 is 0. The van der Waals surface area contributed by atoms with Crippen LogP contribution in [-0.2, 0) is 6.42 Å². The third kappa shape index (κ3) is 2.96. The Morgan fingerprint density at radius 3 is 2.75 bits per heavy atom. The maximum Gasteiger partial charge on any atom is 0.141 e. The molecule has 108 valence electrons. The smallest absolute Gasteiger partial charge is 0.141 e. The molecule has 0 saturated carbocycles. The predicted octanol–water partition coefficient (Wildman–Crippen LogP) is 1.72. The first-order valence-corrected chi connectivity index (χ1v) is 6.75. The molecule has 20 heavy (non-hydrogen) atoms. The molecule has 0 bridgehead atoms. The Labute approximate surface area is 119 Å². The van der Waals surface area contributed by atoms with Crippen LogP contribution in [-0.4, -0.2) is 33.8 Å². The number of H-pyrrole nitrogens is 1. The number of hydrogen-bond donors (Lipinski definition) is 2. The van der Waals surface area contributed by atoms with E-state index in [1.807, 2.05) is 20.0 Å². The number of aromatic amines is 1. The van der Waals surface area contributed by atoms with E-state index in [1.54, 1.807) is 7.11 Å². The zero-order chi connectivity index (χ0) is 14.5. The van der Waals surface area contributed by atoms with Crippen LogP contribution in [0.1, 0.15) is 35.6 Å². The molecule has 0 aliphatic carbocycles. The molecule has 2 aromatic rings. The zero-order valence-electron chi connectivity index (χ0n) is 12.4. The summed E-state index contributed by atoms with van der Waals surface area (Å²) in [6.45, 7) is 6.96. The number of aryl methyl sites for hydroxylation is 1. The minimum atomic E-state index is 0.0705. The van der Waals surface area contributed by atoms with Crippen molar-refractivity contribution in [1.29, 1.82) is 0 Å². The molecule has 0 radical (unpaired) electrons. The van der Waals surface area contributed by atoms with Crippen LogP contribution >= 0.6 is 0 Å². The summed E-state index contributed by atoms with van der Waals surface area (Å²) in [4.78, 5) is 8.77. The molecule has 2 N–H and O–H groups in total. The van der Waals surface area contributed by atoms with Crippen LogP contribution in [0.25, 0.3) is 0 Å². The van der Waals surface area contributed by atoms with Gasteiger partial charge >= 0.3 is 0 Å². The van der Waals surface area contributed by atoms with Crippen molar-refractivity contribution in [3.63, 3.8) is 0 Å². The maximum atomic E-state index is 5.45. The Hall–Kier alpha value is -1.95. The molecule has 0 aliphatic heterocycles. The molecule has 6 heteroatoms. The summed E-state index contributed by atoms with van der Waals surface area (Å²) in [5.74, 6) is 1.73. The standard InChI is InChI=1S/C14H21N5O/c1-5-15-12(14-17-8-18-19-14)6-11-10(3)13(20-4)9(2)7-16-11/h7-8,12,15H,5-6H2,1-4H3,(H,17,18,19). The van der Waals surface area contributed by atoms with Gasteiger partial charge in [-0.1, -0.05) is 6.92 Å². The monoisotopic (exact) mass is 275 g/mol. The van der Waals surface area contributed by atoms with Crippen molar-refractivity contribution in [1.82, 2.24) is 25.5 Å². The van der Waals surface area contributed by atoms with Gasteiger partial charge in [0.2, 0.25) is 0 Å². The van der Waals surface area contributed by atoms with Crippen molar-refractivity contribution in [3.05, 3.63) is 35.2 Å². The summed E-state index contributed by atoms with van der Waals surface area (Å²) in [5, 5.41) is 10.2. The van der Waals surface area contributed by atoms with Crippen LogP contribution in [0.4, 0.5) is 0 Å². The van der Waals surface area contributed by atoms with Crippen molar-refractivity contribution in [2.45, 2.75) is 33.2 Å². The lowest BCUT2D eigenvalue weighted by atomic mass is 10.0. The van der Waals surface area contributed by atoms with Crippen LogP contribution in [0.2, 0.25) is 0 Å². The largest absolute Gasteiger partial charge is 0.496 e. The Bertz CT molecular complexity index is 553. The van der Waals surface area contributed by atoms with Gasteiger partial charge in [0, 0.05) is 29.4 Å². The fraction of sp³-hybridized carbons (Fsp3) is 0.500. The number of ether oxygens (including phenoxy) is 1. The molecule has 0 spiro atoms. The Kier molecular flexibility index (Phi) is 4.68. The molecule has 2 aromatic heterocycles. The molecule has 1 atom stereocenters. The van der Waals surface area contributed by atoms with E-state index >= 15 is 0 Å². The highest BCUT2D eigenvalue weighted by molar-refractivity contribution is 5.41. The Balaban J connectivity index is 2.27. The third-order valence-corrected chi connectivity index (χ3v) is 3.36. The van der Waals surface area contributed by atoms with Gasteiger partial charge in [-0.3, -0.25) is 10.1 Å². The molecular formula is C14H21N5O. The second-order valence-corrected chi connectivity index (χ2v) is 4.73. The molecule has 0 fully saturated rings. The second kappa shape index (κ2) is 6.47. The molecule has 2 rings (SSSR count). The highest BCUT2D eigenvalue weighted by Crippen LogP contribution is 2.26. The first-order valence-electron chi connectivity index (χ1n) is 6.75. The molecular weight excluding hydrogens is 254 g/mol. The lowest BCUT2D eigenvalue weighted by Gasteiger charge is -2.17. The quantitative estimate of drug-likeness (QED) is 0.839. The summed E-state index contributed by atoms with van der Waals surface area (Å²) < 4.78 is 5.45. The van der Waals surface area contributed by atoms with E-state index in [-0.39, 0.29) is 6.04 Å². The van der Waals surface area contributed by atoms with Gasteiger partial charge in [-0.25, -0.2) is 4.98 Å². The predicted molar refractivity (Wildman–Crippen MR) is 76.8 cm³/mol. The summed E-state index contributed by atoms with van der Waals surface area (Å²) in [6.07, 6.45) is 4.12. The topological polar surface area (TPSA) is 75.7 Å². The summed E-state index contributed by atoms with van der Waals surface area (Å²) in [6, 6.07) is 0.0705. The van der Waals surface area contributed by atoms with E-state index < -0.39 is 0 Å². The van der Waals surface area contributed by atoms with Crippen LogP contribution in [0.15, 0.2) is 12.5 Å². The van der Waals surface area contributed by atoms with Gasteiger partial charge in [0.25, 0.3) is 0 Å². The minimum absolute atomic E-state index is 0.0705. The van der Waals surface area contributed by atoms with Crippen molar-refractivity contribution in [2.75, 3.05) is 13.7 Å². The molecule has 2 heterocycles. The summed E-state index contributed by atoms with van der Waals surface area (Å²) in [5.41, 5.74) is 3.14. The first-order chi connectivity index (χ1) is 9.67. The van der Waals surface area contributed by atoms with E-state index in [2.05, 4.69) is 32.4 Å². The zero-order valence-corrected chi connectivity index (χ0v) is 12.4. The van der Waals surface area contributed by atoms with E-state index in [4.69, 9.17) is 4.74 Å². The fourth-order valence-corrected chi connectivity index (χ4v) is 2.36. The van der Waals surface area contributed by atoms with Crippen molar-refractivity contribution < 1.29 is 4.74 Å². The molecule has 0 aromatic carbocycles. The van der Waals surface area contributed by atoms with Crippen LogP contribution < -0.4 is 10.1 Å². The molecule has 0 aliphatic rings. The normalized spacial score (nSPS) is 12.4. The van der Waals surface area contributed by atoms with E-state index in [0.29, 0.717) is 0 Å². The van der Waals surface area contributed by atoms with E-state index in [0.717, 1.165) is 41.4 Å². The molecule has 6 nitrogen and oxygen atoms in total. The Morgan fingerprint density at radius 1 is 1.35 bits per heavy atom. The van der Waals surface area contributed by atoms with Gasteiger partial charge < -0.3 is 10.1 Å². The van der Waals surface area contributed by atoms with Crippen LogP contribution in [0.5, 0.6) is 5.75 Å². The first kappa shape index (κ1) is 14.5. The van der Waals surface area contributed by atoms with Crippen LogP contribution in [0.3, 0.4) is 0 Å². The molecule has 1 unspecified atom stereocenters. The van der Waals surface area contributed by atoms with Crippen molar-refractivity contribution in [2.24, 2.45) is 0 Å². The highest BCUT2D eigenvalue weighted by atomic mass is 16.5.